The summed E-state index contributed by atoms with van der Waals surface area (Å²) in [6, 6.07) is 12.1. The van der Waals surface area contributed by atoms with Gasteiger partial charge in [0.15, 0.2) is 5.82 Å². The Morgan fingerprint density at radius 1 is 1.08 bits per heavy atom. The number of benzene rings is 1. The lowest BCUT2D eigenvalue weighted by molar-refractivity contribution is 0.0954. The zero-order chi connectivity index (χ0) is 17.8. The maximum Gasteiger partial charge on any atom is 0.254 e. The summed E-state index contributed by atoms with van der Waals surface area (Å²) in [6.45, 7) is 2.37. The molecule has 0 bridgehead atoms. The van der Waals surface area contributed by atoms with Gasteiger partial charge in [-0.25, -0.2) is 9.97 Å². The quantitative estimate of drug-likeness (QED) is 0.768. The average Bonchev–Trinajstić information content (AvgIpc) is 3.12. The molecule has 3 aromatic rings. The molecule has 0 saturated carbocycles. The second kappa shape index (κ2) is 7.31. The molecule has 1 N–H and O–H groups in total. The molecular weight excluding hydrogens is 326 g/mol. The van der Waals surface area contributed by atoms with Gasteiger partial charge < -0.3 is 10.2 Å². The Bertz CT molecular complexity index is 896. The molecule has 3 heterocycles. The molecular formula is C20H19N5O. The number of fused-ring (bicyclic) bond motifs is 1. The van der Waals surface area contributed by atoms with E-state index in [0.29, 0.717) is 17.9 Å². The maximum atomic E-state index is 12.3. The molecule has 0 saturated heterocycles. The molecule has 6 heteroatoms. The topological polar surface area (TPSA) is 71.0 Å². The van der Waals surface area contributed by atoms with Gasteiger partial charge >= 0.3 is 0 Å². The number of amides is 1. The Hall–Kier alpha value is -3.28. The lowest BCUT2D eigenvalue weighted by Crippen LogP contribution is -2.34. The van der Waals surface area contributed by atoms with E-state index in [1.54, 1.807) is 24.8 Å². The Morgan fingerprint density at radius 2 is 1.92 bits per heavy atom. The van der Waals surface area contributed by atoms with Crippen LogP contribution in [0.4, 0.5) is 5.69 Å². The number of hydrogen-bond donors (Lipinski definition) is 1. The van der Waals surface area contributed by atoms with Gasteiger partial charge in [-0.05, 0) is 30.2 Å². The van der Waals surface area contributed by atoms with E-state index in [1.165, 1.54) is 11.3 Å². The normalized spacial score (nSPS) is 12.7. The SMILES string of the molecule is O=C(NCCN1CCc2ccccc21)c1cnc(-c2cccnc2)nc1. The van der Waals surface area contributed by atoms with Gasteiger partial charge in [0.2, 0.25) is 0 Å². The van der Waals surface area contributed by atoms with Crippen LogP contribution in [0.25, 0.3) is 11.4 Å². The lowest BCUT2D eigenvalue weighted by Gasteiger charge is -2.19. The number of anilines is 1. The van der Waals surface area contributed by atoms with Crippen molar-refractivity contribution in [2.75, 3.05) is 24.5 Å². The van der Waals surface area contributed by atoms with Crippen molar-refractivity contribution in [3.8, 4) is 11.4 Å². The summed E-state index contributed by atoms with van der Waals surface area (Å²) in [5.41, 5.74) is 3.93. The number of carbonyl (C=O) groups is 1. The first-order chi connectivity index (χ1) is 12.8. The third-order valence-electron chi connectivity index (χ3n) is 4.48. The van der Waals surface area contributed by atoms with E-state index in [2.05, 4.69) is 49.4 Å². The molecule has 130 valence electrons. The smallest absolute Gasteiger partial charge is 0.254 e. The number of nitrogens with zero attached hydrogens (tertiary/aromatic N) is 4. The second-order valence-electron chi connectivity index (χ2n) is 6.16. The highest BCUT2D eigenvalue weighted by atomic mass is 16.1. The van der Waals surface area contributed by atoms with Crippen LogP contribution < -0.4 is 10.2 Å². The summed E-state index contributed by atoms with van der Waals surface area (Å²) in [4.78, 5) is 27.2. The molecule has 0 fully saturated rings. The minimum Gasteiger partial charge on any atom is -0.369 e. The van der Waals surface area contributed by atoms with Crippen LogP contribution in [-0.2, 0) is 6.42 Å². The number of pyridine rings is 1. The molecule has 6 nitrogen and oxygen atoms in total. The van der Waals surface area contributed by atoms with E-state index >= 15 is 0 Å². The van der Waals surface area contributed by atoms with Crippen LogP contribution in [0.5, 0.6) is 0 Å². The molecule has 1 amide bonds. The summed E-state index contributed by atoms with van der Waals surface area (Å²) in [5.74, 6) is 0.401. The van der Waals surface area contributed by atoms with Crippen LogP contribution in [0.2, 0.25) is 0 Å². The van der Waals surface area contributed by atoms with Crippen molar-refractivity contribution >= 4 is 11.6 Å². The van der Waals surface area contributed by atoms with Crippen LogP contribution >= 0.6 is 0 Å². The fourth-order valence-corrected chi connectivity index (χ4v) is 3.13. The van der Waals surface area contributed by atoms with Crippen LogP contribution in [0.3, 0.4) is 0 Å². The van der Waals surface area contributed by atoms with E-state index < -0.39 is 0 Å². The third kappa shape index (κ3) is 3.39. The van der Waals surface area contributed by atoms with E-state index in [1.807, 2.05) is 12.1 Å². The molecule has 26 heavy (non-hydrogen) atoms. The minimum atomic E-state index is -0.157. The van der Waals surface area contributed by atoms with E-state index in [4.69, 9.17) is 0 Å². The van der Waals surface area contributed by atoms with Crippen molar-refractivity contribution in [1.82, 2.24) is 20.3 Å². The monoisotopic (exact) mass is 345 g/mol. The zero-order valence-electron chi connectivity index (χ0n) is 14.3. The lowest BCUT2D eigenvalue weighted by atomic mass is 10.2. The van der Waals surface area contributed by atoms with Crippen molar-refractivity contribution in [2.24, 2.45) is 0 Å². The summed E-state index contributed by atoms with van der Waals surface area (Å²) >= 11 is 0. The van der Waals surface area contributed by atoms with Crippen molar-refractivity contribution in [1.29, 1.82) is 0 Å². The molecule has 0 spiro atoms. The predicted molar refractivity (Wildman–Crippen MR) is 100.0 cm³/mol. The van der Waals surface area contributed by atoms with E-state index in [0.717, 1.165) is 25.1 Å². The zero-order valence-corrected chi connectivity index (χ0v) is 14.3. The second-order valence-corrected chi connectivity index (χ2v) is 6.16. The predicted octanol–water partition coefficient (Wildman–Crippen LogP) is 2.33. The molecule has 4 rings (SSSR count). The van der Waals surface area contributed by atoms with Crippen molar-refractivity contribution in [2.45, 2.75) is 6.42 Å². The van der Waals surface area contributed by atoms with Gasteiger partial charge in [-0.3, -0.25) is 9.78 Å². The van der Waals surface area contributed by atoms with Crippen molar-refractivity contribution in [3.05, 3.63) is 72.3 Å². The summed E-state index contributed by atoms with van der Waals surface area (Å²) < 4.78 is 0. The van der Waals surface area contributed by atoms with E-state index in [9.17, 15) is 4.79 Å². The molecule has 0 atom stereocenters. The van der Waals surface area contributed by atoms with Crippen LogP contribution in [-0.4, -0.2) is 40.5 Å². The van der Waals surface area contributed by atoms with Gasteiger partial charge in [0.05, 0.1) is 5.56 Å². The molecule has 0 radical (unpaired) electrons. The molecule has 0 aliphatic carbocycles. The minimum absolute atomic E-state index is 0.157. The van der Waals surface area contributed by atoms with Crippen LogP contribution in [0, 0.1) is 0 Å². The van der Waals surface area contributed by atoms with Crippen molar-refractivity contribution in [3.63, 3.8) is 0 Å². The molecule has 1 aliphatic rings. The number of nitrogens with one attached hydrogen (secondary N) is 1. The summed E-state index contributed by atoms with van der Waals surface area (Å²) in [7, 11) is 0. The number of hydrogen-bond acceptors (Lipinski definition) is 5. The molecule has 1 aliphatic heterocycles. The van der Waals surface area contributed by atoms with Crippen molar-refractivity contribution < 1.29 is 4.79 Å². The first-order valence-corrected chi connectivity index (χ1v) is 8.65. The first kappa shape index (κ1) is 16.2. The third-order valence-corrected chi connectivity index (χ3v) is 4.48. The van der Waals surface area contributed by atoms with Crippen LogP contribution in [0.1, 0.15) is 15.9 Å². The Kier molecular flexibility index (Phi) is 4.55. The first-order valence-electron chi connectivity index (χ1n) is 8.65. The average molecular weight is 345 g/mol. The molecule has 0 unspecified atom stereocenters. The Balaban J connectivity index is 1.33. The fourth-order valence-electron chi connectivity index (χ4n) is 3.13. The summed E-state index contributed by atoms with van der Waals surface area (Å²) in [6.07, 6.45) is 7.56. The highest BCUT2D eigenvalue weighted by Gasteiger charge is 2.18. The summed E-state index contributed by atoms with van der Waals surface area (Å²) in [5, 5.41) is 2.94. The van der Waals surface area contributed by atoms with Gasteiger partial charge in [-0.1, -0.05) is 18.2 Å². The van der Waals surface area contributed by atoms with Gasteiger partial charge in [0, 0.05) is 55.7 Å². The van der Waals surface area contributed by atoms with Gasteiger partial charge in [0.25, 0.3) is 5.91 Å². The highest BCUT2D eigenvalue weighted by Crippen LogP contribution is 2.26. The Labute approximate surface area is 151 Å². The van der Waals surface area contributed by atoms with Crippen LogP contribution in [0.15, 0.2) is 61.2 Å². The standard InChI is InChI=1S/C20H19N5O/c26-20(17-13-23-19(24-14-17)16-5-3-8-21-12-16)22-9-11-25-10-7-15-4-1-2-6-18(15)25/h1-6,8,12-14H,7,9-11H2,(H,22,26). The number of rotatable bonds is 5. The maximum absolute atomic E-state index is 12.3. The largest absolute Gasteiger partial charge is 0.369 e. The fraction of sp³-hybridized carbons (Fsp3) is 0.200. The molecule has 1 aromatic carbocycles. The Morgan fingerprint density at radius 3 is 2.73 bits per heavy atom. The van der Waals surface area contributed by atoms with E-state index in [-0.39, 0.29) is 5.91 Å². The number of aromatic nitrogens is 3. The highest BCUT2D eigenvalue weighted by molar-refractivity contribution is 5.93. The van der Waals surface area contributed by atoms with Gasteiger partial charge in [-0.2, -0.15) is 0 Å². The number of para-hydroxylation sites is 1. The van der Waals surface area contributed by atoms with Gasteiger partial charge in [-0.15, -0.1) is 0 Å². The molecule has 2 aromatic heterocycles. The van der Waals surface area contributed by atoms with Gasteiger partial charge in [0.1, 0.15) is 0 Å². The number of carbonyl (C=O) groups excluding carboxylic acids is 1.